The molecule has 5 rings (SSSR count). The van der Waals surface area contributed by atoms with Crippen LogP contribution in [0.4, 0.5) is 5.69 Å². The van der Waals surface area contributed by atoms with Crippen LogP contribution in [-0.2, 0) is 12.8 Å². The molecule has 0 fully saturated rings. The molecule has 0 saturated carbocycles. The first kappa shape index (κ1) is 17.4. The number of aromatic amines is 1. The Morgan fingerprint density at radius 1 is 1.07 bits per heavy atom. The maximum Gasteiger partial charge on any atom is 0.255 e. The molecule has 2 heterocycles. The number of amides is 1. The average molecular weight is 384 g/mol. The van der Waals surface area contributed by atoms with Gasteiger partial charge in [0.05, 0.1) is 11.4 Å². The molecule has 0 saturated heterocycles. The summed E-state index contributed by atoms with van der Waals surface area (Å²) in [5.41, 5.74) is 6.74. The van der Waals surface area contributed by atoms with Gasteiger partial charge in [-0.2, -0.15) is 10.2 Å². The number of hydrogen-bond donors (Lipinski definition) is 2. The van der Waals surface area contributed by atoms with Crippen LogP contribution in [0.2, 0.25) is 0 Å². The van der Waals surface area contributed by atoms with Gasteiger partial charge in [-0.15, -0.1) is 0 Å². The van der Waals surface area contributed by atoms with Gasteiger partial charge in [0.15, 0.2) is 0 Å². The number of rotatable bonds is 4. The van der Waals surface area contributed by atoms with Crippen molar-refractivity contribution in [2.45, 2.75) is 25.7 Å². The molecule has 2 aromatic heterocycles. The maximum absolute atomic E-state index is 12.7. The number of aromatic nitrogens is 5. The number of benzene rings is 2. The van der Waals surface area contributed by atoms with E-state index < -0.39 is 0 Å². The van der Waals surface area contributed by atoms with Gasteiger partial charge in [0.25, 0.3) is 5.91 Å². The lowest BCUT2D eigenvalue weighted by molar-refractivity contribution is 0.102. The van der Waals surface area contributed by atoms with Gasteiger partial charge in [0.1, 0.15) is 12.7 Å². The maximum atomic E-state index is 12.7. The van der Waals surface area contributed by atoms with Crippen molar-refractivity contribution in [2.24, 2.45) is 0 Å². The Labute approximate surface area is 167 Å². The van der Waals surface area contributed by atoms with E-state index in [4.69, 9.17) is 0 Å². The molecule has 1 amide bonds. The van der Waals surface area contributed by atoms with Crippen molar-refractivity contribution in [1.82, 2.24) is 25.0 Å². The van der Waals surface area contributed by atoms with E-state index in [-0.39, 0.29) is 5.91 Å². The second-order valence-corrected chi connectivity index (χ2v) is 7.16. The summed E-state index contributed by atoms with van der Waals surface area (Å²) in [5, 5.41) is 14.8. The summed E-state index contributed by atoms with van der Waals surface area (Å²) in [5.74, 6) is -0.156. The van der Waals surface area contributed by atoms with Crippen LogP contribution < -0.4 is 5.32 Å². The molecule has 4 aromatic rings. The quantitative estimate of drug-likeness (QED) is 0.560. The third-order valence-electron chi connectivity index (χ3n) is 5.26. The van der Waals surface area contributed by atoms with Gasteiger partial charge >= 0.3 is 0 Å². The van der Waals surface area contributed by atoms with Crippen molar-refractivity contribution < 1.29 is 4.79 Å². The normalized spacial score (nSPS) is 13.1. The Kier molecular flexibility index (Phi) is 4.40. The Morgan fingerprint density at radius 2 is 1.93 bits per heavy atom. The molecule has 2 N–H and O–H groups in total. The molecule has 2 aromatic carbocycles. The predicted octanol–water partition coefficient (Wildman–Crippen LogP) is 3.79. The van der Waals surface area contributed by atoms with Crippen LogP contribution in [0.25, 0.3) is 16.9 Å². The fourth-order valence-corrected chi connectivity index (χ4v) is 3.77. The first-order chi connectivity index (χ1) is 14.3. The highest BCUT2D eigenvalue weighted by Gasteiger charge is 2.18. The number of hydrogen-bond acceptors (Lipinski definition) is 4. The van der Waals surface area contributed by atoms with Crippen molar-refractivity contribution >= 4 is 11.6 Å². The van der Waals surface area contributed by atoms with Gasteiger partial charge in [-0.3, -0.25) is 9.89 Å². The van der Waals surface area contributed by atoms with Gasteiger partial charge in [-0.05, 0) is 62.1 Å². The van der Waals surface area contributed by atoms with E-state index in [2.05, 4.69) is 25.6 Å². The number of aryl methyl sites for hydroxylation is 1. The van der Waals surface area contributed by atoms with Crippen LogP contribution in [0.3, 0.4) is 0 Å². The SMILES string of the molecule is O=C(Nc1cccc(-c2n[nH]c3c2CCCC3)c1)c1ccc(-n2cncn2)cc1. The minimum Gasteiger partial charge on any atom is -0.322 e. The van der Waals surface area contributed by atoms with Crippen molar-refractivity contribution in [2.75, 3.05) is 5.32 Å². The highest BCUT2D eigenvalue weighted by atomic mass is 16.1. The lowest BCUT2D eigenvalue weighted by atomic mass is 9.93. The zero-order valence-electron chi connectivity index (χ0n) is 15.8. The van der Waals surface area contributed by atoms with Crippen molar-refractivity contribution in [3.8, 4) is 16.9 Å². The van der Waals surface area contributed by atoms with Crippen molar-refractivity contribution in [1.29, 1.82) is 0 Å². The largest absolute Gasteiger partial charge is 0.322 e. The summed E-state index contributed by atoms with van der Waals surface area (Å²) < 4.78 is 1.65. The van der Waals surface area contributed by atoms with E-state index in [1.807, 2.05) is 36.4 Å². The van der Waals surface area contributed by atoms with E-state index >= 15 is 0 Å². The number of anilines is 1. The van der Waals surface area contributed by atoms with Crippen LogP contribution in [0, 0.1) is 0 Å². The van der Waals surface area contributed by atoms with E-state index in [0.717, 1.165) is 35.5 Å². The molecule has 0 bridgehead atoms. The van der Waals surface area contributed by atoms with E-state index in [1.54, 1.807) is 23.1 Å². The summed E-state index contributed by atoms with van der Waals surface area (Å²) >= 11 is 0. The van der Waals surface area contributed by atoms with E-state index in [9.17, 15) is 4.79 Å². The number of carbonyl (C=O) groups excluding carboxylic acids is 1. The molecule has 0 unspecified atom stereocenters. The molecule has 144 valence electrons. The van der Waals surface area contributed by atoms with Crippen LogP contribution >= 0.6 is 0 Å². The minimum absolute atomic E-state index is 0.156. The molecule has 0 spiro atoms. The third-order valence-corrected chi connectivity index (χ3v) is 5.26. The van der Waals surface area contributed by atoms with Gasteiger partial charge in [0, 0.05) is 28.1 Å². The lowest BCUT2D eigenvalue weighted by Crippen LogP contribution is -2.12. The molecule has 0 aliphatic heterocycles. The Hall–Kier alpha value is -3.74. The minimum atomic E-state index is -0.156. The number of H-pyrrole nitrogens is 1. The zero-order valence-corrected chi connectivity index (χ0v) is 15.8. The number of nitrogens with one attached hydrogen (secondary N) is 2. The fourth-order valence-electron chi connectivity index (χ4n) is 3.77. The van der Waals surface area contributed by atoms with Crippen molar-refractivity contribution in [3.05, 3.63) is 78.0 Å². The fraction of sp³-hybridized carbons (Fsp3) is 0.182. The zero-order chi connectivity index (χ0) is 19.6. The van der Waals surface area contributed by atoms with Gasteiger partial charge in [0.2, 0.25) is 0 Å². The molecule has 7 heteroatoms. The molecule has 1 aliphatic carbocycles. The van der Waals surface area contributed by atoms with Crippen LogP contribution in [0.5, 0.6) is 0 Å². The predicted molar refractivity (Wildman–Crippen MR) is 110 cm³/mol. The highest BCUT2D eigenvalue weighted by Crippen LogP contribution is 2.30. The first-order valence-electron chi connectivity index (χ1n) is 9.71. The average Bonchev–Trinajstić information content (AvgIpc) is 3.44. The van der Waals surface area contributed by atoms with Crippen LogP contribution in [0.15, 0.2) is 61.2 Å². The summed E-state index contributed by atoms with van der Waals surface area (Å²) in [6.07, 6.45) is 7.61. The second-order valence-electron chi connectivity index (χ2n) is 7.16. The van der Waals surface area contributed by atoms with E-state index in [1.165, 1.54) is 30.4 Å². The Morgan fingerprint density at radius 3 is 2.76 bits per heavy atom. The summed E-state index contributed by atoms with van der Waals surface area (Å²) in [6, 6.07) is 15.1. The summed E-state index contributed by atoms with van der Waals surface area (Å²) in [7, 11) is 0. The molecule has 1 aliphatic rings. The van der Waals surface area contributed by atoms with Crippen LogP contribution in [-0.4, -0.2) is 30.9 Å². The van der Waals surface area contributed by atoms with Gasteiger partial charge in [-0.25, -0.2) is 9.67 Å². The Bertz CT molecular complexity index is 1140. The Balaban J connectivity index is 1.35. The molecular weight excluding hydrogens is 364 g/mol. The third kappa shape index (κ3) is 3.42. The van der Waals surface area contributed by atoms with E-state index in [0.29, 0.717) is 5.56 Å². The second kappa shape index (κ2) is 7.35. The molecule has 0 radical (unpaired) electrons. The molecular formula is C22H20N6O. The summed E-state index contributed by atoms with van der Waals surface area (Å²) in [6.45, 7) is 0. The molecule has 29 heavy (non-hydrogen) atoms. The van der Waals surface area contributed by atoms with Crippen LogP contribution in [0.1, 0.15) is 34.5 Å². The molecule has 0 atom stereocenters. The highest BCUT2D eigenvalue weighted by molar-refractivity contribution is 6.04. The first-order valence-corrected chi connectivity index (χ1v) is 9.71. The topological polar surface area (TPSA) is 88.5 Å². The molecule has 7 nitrogen and oxygen atoms in total. The number of nitrogens with zero attached hydrogens (tertiary/aromatic N) is 4. The standard InChI is InChI=1S/C22H20N6O/c29-22(15-8-10-18(11-9-15)28-14-23-13-24-28)25-17-5-3-4-16(12-17)21-19-6-1-2-7-20(19)26-27-21/h3-5,8-14H,1-2,6-7H2,(H,25,29)(H,26,27). The van der Waals surface area contributed by atoms with Gasteiger partial charge in [-0.1, -0.05) is 12.1 Å². The number of fused-ring (bicyclic) bond motifs is 1. The lowest BCUT2D eigenvalue weighted by Gasteiger charge is -2.12. The smallest absolute Gasteiger partial charge is 0.255 e. The van der Waals surface area contributed by atoms with Crippen molar-refractivity contribution in [3.63, 3.8) is 0 Å². The monoisotopic (exact) mass is 384 g/mol. The number of carbonyl (C=O) groups is 1. The van der Waals surface area contributed by atoms with Gasteiger partial charge < -0.3 is 5.32 Å². The summed E-state index contributed by atoms with van der Waals surface area (Å²) in [4.78, 5) is 16.6.